The molecule has 0 spiro atoms. The summed E-state index contributed by atoms with van der Waals surface area (Å²) in [4.78, 5) is 17.5. The summed E-state index contributed by atoms with van der Waals surface area (Å²) in [5, 5.41) is 8.03. The van der Waals surface area contributed by atoms with Crippen LogP contribution in [0, 0.1) is 20.8 Å². The van der Waals surface area contributed by atoms with Crippen LogP contribution in [0.3, 0.4) is 0 Å². The predicted molar refractivity (Wildman–Crippen MR) is 114 cm³/mol. The Labute approximate surface area is 166 Å². The quantitative estimate of drug-likeness (QED) is 0.610. The van der Waals surface area contributed by atoms with Crippen molar-refractivity contribution in [1.29, 1.82) is 0 Å². The van der Waals surface area contributed by atoms with Gasteiger partial charge in [0, 0.05) is 36.8 Å². The number of guanidine groups is 1. The number of hydrogen-bond acceptors (Lipinski definition) is 5. The highest BCUT2D eigenvalue weighted by atomic mass is 32.1. The molecule has 0 atom stereocenters. The van der Waals surface area contributed by atoms with E-state index in [4.69, 9.17) is 4.99 Å². The summed E-state index contributed by atoms with van der Waals surface area (Å²) in [6.07, 6.45) is 4.10. The van der Waals surface area contributed by atoms with Crippen molar-refractivity contribution in [2.45, 2.75) is 53.1 Å². The molecule has 3 rings (SSSR count). The maximum absolute atomic E-state index is 4.74. The molecule has 2 aromatic heterocycles. The van der Waals surface area contributed by atoms with Gasteiger partial charge in [-0.15, -0.1) is 11.3 Å². The van der Waals surface area contributed by atoms with Gasteiger partial charge >= 0.3 is 0 Å². The monoisotopic (exact) mass is 386 g/mol. The fraction of sp³-hybridized carbons (Fsp3) is 0.550. The van der Waals surface area contributed by atoms with Crippen molar-refractivity contribution in [3.05, 3.63) is 39.5 Å². The Balaban J connectivity index is 1.54. The smallest absolute Gasteiger partial charge is 0.191 e. The van der Waals surface area contributed by atoms with Crippen molar-refractivity contribution >= 4 is 23.1 Å². The van der Waals surface area contributed by atoms with Crippen molar-refractivity contribution in [2.75, 3.05) is 24.5 Å². The third kappa shape index (κ3) is 5.42. The van der Waals surface area contributed by atoms with Crippen LogP contribution in [0.5, 0.6) is 0 Å². The number of piperidine rings is 1. The van der Waals surface area contributed by atoms with Gasteiger partial charge in [0.25, 0.3) is 0 Å². The number of thiazole rings is 1. The molecule has 7 heteroatoms. The molecule has 3 heterocycles. The molecule has 1 fully saturated rings. The summed E-state index contributed by atoms with van der Waals surface area (Å²) in [5.41, 5.74) is 2.31. The predicted octanol–water partition coefficient (Wildman–Crippen LogP) is 3.19. The SMILES string of the molecule is CCNC(=NCc1nc(C)c(C)s1)NC1CCN(c2ccc(C)cn2)CC1. The van der Waals surface area contributed by atoms with Crippen LogP contribution in [0.2, 0.25) is 0 Å². The lowest BCUT2D eigenvalue weighted by Gasteiger charge is -2.33. The highest BCUT2D eigenvalue weighted by molar-refractivity contribution is 7.11. The van der Waals surface area contributed by atoms with Crippen molar-refractivity contribution < 1.29 is 0 Å². The fourth-order valence-electron chi connectivity index (χ4n) is 3.17. The lowest BCUT2D eigenvalue weighted by molar-refractivity contribution is 0.459. The first-order valence-corrected chi connectivity index (χ1v) is 10.5. The van der Waals surface area contributed by atoms with Crippen molar-refractivity contribution in [3.63, 3.8) is 0 Å². The molecule has 1 aliphatic rings. The summed E-state index contributed by atoms with van der Waals surface area (Å²) in [7, 11) is 0. The maximum atomic E-state index is 4.74. The first-order valence-electron chi connectivity index (χ1n) is 9.70. The lowest BCUT2D eigenvalue weighted by Crippen LogP contribution is -2.48. The number of aromatic nitrogens is 2. The van der Waals surface area contributed by atoms with E-state index in [-0.39, 0.29) is 0 Å². The number of rotatable bonds is 5. The Morgan fingerprint density at radius 1 is 1.26 bits per heavy atom. The topological polar surface area (TPSA) is 65.4 Å². The zero-order chi connectivity index (χ0) is 19.2. The number of anilines is 1. The Hall–Kier alpha value is -2.15. The second-order valence-electron chi connectivity index (χ2n) is 7.04. The third-order valence-corrected chi connectivity index (χ3v) is 5.90. The van der Waals surface area contributed by atoms with Gasteiger partial charge in [-0.3, -0.25) is 0 Å². The van der Waals surface area contributed by atoms with E-state index in [2.05, 4.69) is 65.3 Å². The van der Waals surface area contributed by atoms with Crippen LogP contribution in [0.1, 0.15) is 40.9 Å². The number of nitrogens with zero attached hydrogens (tertiary/aromatic N) is 4. The summed E-state index contributed by atoms with van der Waals surface area (Å²) in [6.45, 7) is 11.8. The molecule has 0 unspecified atom stereocenters. The average molecular weight is 387 g/mol. The van der Waals surface area contributed by atoms with Gasteiger partial charge in [0.2, 0.25) is 0 Å². The Morgan fingerprint density at radius 2 is 2.04 bits per heavy atom. The second kappa shape index (κ2) is 9.17. The standard InChI is InChI=1S/C20H30N6S/c1-5-21-20(23-13-19-24-15(3)16(4)27-19)25-17-8-10-26(11-9-17)18-7-6-14(2)12-22-18/h6-7,12,17H,5,8-11,13H2,1-4H3,(H2,21,23,25). The Morgan fingerprint density at radius 3 is 2.63 bits per heavy atom. The molecule has 2 N–H and O–H groups in total. The van der Waals surface area contributed by atoms with Crippen LogP contribution in [0.25, 0.3) is 0 Å². The van der Waals surface area contributed by atoms with Gasteiger partial charge in [0.1, 0.15) is 10.8 Å². The minimum absolute atomic E-state index is 0.435. The van der Waals surface area contributed by atoms with E-state index in [1.165, 1.54) is 10.4 Å². The van der Waals surface area contributed by atoms with Gasteiger partial charge < -0.3 is 15.5 Å². The van der Waals surface area contributed by atoms with Gasteiger partial charge in [-0.05, 0) is 52.2 Å². The van der Waals surface area contributed by atoms with Crippen LogP contribution in [0.4, 0.5) is 5.82 Å². The molecule has 0 saturated carbocycles. The molecule has 6 nitrogen and oxygen atoms in total. The number of aliphatic imine (C=N–C) groups is 1. The summed E-state index contributed by atoms with van der Waals surface area (Å²) < 4.78 is 0. The van der Waals surface area contributed by atoms with Crippen LogP contribution in [-0.2, 0) is 6.54 Å². The molecule has 0 aliphatic carbocycles. The lowest BCUT2D eigenvalue weighted by atomic mass is 10.1. The van der Waals surface area contributed by atoms with E-state index < -0.39 is 0 Å². The van der Waals surface area contributed by atoms with Gasteiger partial charge in [0.05, 0.1) is 12.2 Å². The van der Waals surface area contributed by atoms with Crippen LogP contribution in [-0.4, -0.2) is 41.6 Å². The van der Waals surface area contributed by atoms with Crippen LogP contribution in [0.15, 0.2) is 23.3 Å². The normalized spacial score (nSPS) is 15.9. The highest BCUT2D eigenvalue weighted by Crippen LogP contribution is 2.19. The van der Waals surface area contributed by atoms with Gasteiger partial charge in [-0.2, -0.15) is 0 Å². The number of hydrogen-bond donors (Lipinski definition) is 2. The molecule has 1 aliphatic heterocycles. The highest BCUT2D eigenvalue weighted by Gasteiger charge is 2.20. The minimum atomic E-state index is 0.435. The van der Waals surface area contributed by atoms with E-state index in [1.807, 2.05) is 6.20 Å². The zero-order valence-electron chi connectivity index (χ0n) is 16.7. The van der Waals surface area contributed by atoms with E-state index in [0.29, 0.717) is 12.6 Å². The number of nitrogens with one attached hydrogen (secondary N) is 2. The van der Waals surface area contributed by atoms with Gasteiger partial charge in [-0.25, -0.2) is 15.0 Å². The molecule has 27 heavy (non-hydrogen) atoms. The fourth-order valence-corrected chi connectivity index (χ4v) is 4.03. The number of aryl methyl sites for hydroxylation is 3. The largest absolute Gasteiger partial charge is 0.357 e. The Kier molecular flexibility index (Phi) is 6.66. The number of pyridine rings is 1. The molecule has 146 valence electrons. The first kappa shape index (κ1) is 19.6. The van der Waals surface area contributed by atoms with Gasteiger partial charge in [-0.1, -0.05) is 6.07 Å². The minimum Gasteiger partial charge on any atom is -0.357 e. The molecular weight excluding hydrogens is 356 g/mol. The molecule has 0 amide bonds. The van der Waals surface area contributed by atoms with Crippen molar-refractivity contribution in [3.8, 4) is 0 Å². The van der Waals surface area contributed by atoms with Crippen molar-refractivity contribution in [2.24, 2.45) is 4.99 Å². The molecule has 0 bridgehead atoms. The van der Waals surface area contributed by atoms with Gasteiger partial charge in [0.15, 0.2) is 5.96 Å². The summed E-state index contributed by atoms with van der Waals surface area (Å²) in [5.74, 6) is 1.96. The first-order chi connectivity index (χ1) is 13.0. The summed E-state index contributed by atoms with van der Waals surface area (Å²) >= 11 is 1.73. The van der Waals surface area contributed by atoms with Crippen LogP contribution < -0.4 is 15.5 Å². The van der Waals surface area contributed by atoms with E-state index in [1.54, 1.807) is 11.3 Å². The average Bonchev–Trinajstić information content (AvgIpc) is 2.99. The maximum Gasteiger partial charge on any atom is 0.191 e. The molecular formula is C20H30N6S. The second-order valence-corrected chi connectivity index (χ2v) is 8.33. The third-order valence-electron chi connectivity index (χ3n) is 4.85. The van der Waals surface area contributed by atoms with Crippen molar-refractivity contribution in [1.82, 2.24) is 20.6 Å². The van der Waals surface area contributed by atoms with E-state index >= 15 is 0 Å². The molecule has 1 saturated heterocycles. The summed E-state index contributed by atoms with van der Waals surface area (Å²) in [6, 6.07) is 4.68. The van der Waals surface area contributed by atoms with Crippen LogP contribution >= 0.6 is 11.3 Å². The van der Waals surface area contributed by atoms with E-state index in [0.717, 1.165) is 55.0 Å². The molecule has 0 aromatic carbocycles. The molecule has 0 radical (unpaired) electrons. The Bertz CT molecular complexity index is 740. The zero-order valence-corrected chi connectivity index (χ0v) is 17.6. The van der Waals surface area contributed by atoms with E-state index in [9.17, 15) is 0 Å². The molecule has 2 aromatic rings.